The van der Waals surface area contributed by atoms with Crippen molar-refractivity contribution in [3.05, 3.63) is 23.7 Å². The average Bonchev–Trinajstić information content (AvgIpc) is 3.02. The van der Waals surface area contributed by atoms with E-state index in [4.69, 9.17) is 19.0 Å². The number of hydrogen-bond acceptors (Lipinski definition) is 5. The Balaban J connectivity index is 1.55. The summed E-state index contributed by atoms with van der Waals surface area (Å²) < 4.78 is 15.8. The molecule has 0 aliphatic carbocycles. The van der Waals surface area contributed by atoms with Crippen LogP contribution in [0, 0.1) is 5.92 Å². The predicted molar refractivity (Wildman–Crippen MR) is 77.0 cm³/mol. The maximum atomic E-state index is 11.7. The molecular weight excluding hydrogens is 290 g/mol. The Morgan fingerprint density at radius 1 is 1.27 bits per heavy atom. The summed E-state index contributed by atoms with van der Waals surface area (Å²) in [5, 5.41) is 11.4. The Kier molecular flexibility index (Phi) is 6.42. The van der Waals surface area contributed by atoms with Gasteiger partial charge < -0.3 is 24.3 Å². The van der Waals surface area contributed by atoms with Crippen molar-refractivity contribution < 1.29 is 28.6 Å². The fourth-order valence-corrected chi connectivity index (χ4v) is 2.20. The van der Waals surface area contributed by atoms with Gasteiger partial charge >= 0.3 is 5.97 Å². The van der Waals surface area contributed by atoms with E-state index in [0.717, 1.165) is 32.7 Å². The summed E-state index contributed by atoms with van der Waals surface area (Å²) in [4.78, 5) is 22.4. The SMILES string of the molecule is O=C(O)c1ccc(C(=O)NCCCOCC2CCOCC2)o1. The molecule has 0 unspecified atom stereocenters. The molecule has 2 heterocycles. The molecule has 7 nitrogen and oxygen atoms in total. The first-order valence-corrected chi connectivity index (χ1v) is 7.43. The summed E-state index contributed by atoms with van der Waals surface area (Å²) in [7, 11) is 0. The second kappa shape index (κ2) is 8.55. The minimum Gasteiger partial charge on any atom is -0.475 e. The zero-order valence-corrected chi connectivity index (χ0v) is 12.4. The molecule has 1 fully saturated rings. The van der Waals surface area contributed by atoms with Crippen LogP contribution in [0.5, 0.6) is 0 Å². The maximum absolute atomic E-state index is 11.7. The maximum Gasteiger partial charge on any atom is 0.371 e. The lowest BCUT2D eigenvalue weighted by Crippen LogP contribution is -2.25. The van der Waals surface area contributed by atoms with E-state index in [-0.39, 0.29) is 11.5 Å². The van der Waals surface area contributed by atoms with Crippen LogP contribution >= 0.6 is 0 Å². The second-order valence-electron chi connectivity index (χ2n) is 5.21. The van der Waals surface area contributed by atoms with Crippen LogP contribution in [0.3, 0.4) is 0 Å². The number of carboxylic acid groups (broad SMARTS) is 1. The third-order valence-electron chi connectivity index (χ3n) is 3.49. The molecule has 1 aliphatic rings. The van der Waals surface area contributed by atoms with Crippen molar-refractivity contribution in [1.82, 2.24) is 5.32 Å². The van der Waals surface area contributed by atoms with Gasteiger partial charge in [0, 0.05) is 33.0 Å². The van der Waals surface area contributed by atoms with Crippen LogP contribution in [0.25, 0.3) is 0 Å². The molecule has 0 atom stereocenters. The third-order valence-corrected chi connectivity index (χ3v) is 3.49. The molecule has 2 rings (SSSR count). The zero-order chi connectivity index (χ0) is 15.8. The quantitative estimate of drug-likeness (QED) is 0.707. The number of carbonyl (C=O) groups excluding carboxylic acids is 1. The van der Waals surface area contributed by atoms with E-state index in [1.54, 1.807) is 0 Å². The van der Waals surface area contributed by atoms with Gasteiger partial charge in [-0.3, -0.25) is 4.79 Å². The van der Waals surface area contributed by atoms with Crippen molar-refractivity contribution in [1.29, 1.82) is 0 Å². The Morgan fingerprint density at radius 3 is 2.68 bits per heavy atom. The Bertz CT molecular complexity index is 492. The molecule has 1 aromatic rings. The second-order valence-corrected chi connectivity index (χ2v) is 5.21. The fourth-order valence-electron chi connectivity index (χ4n) is 2.20. The Hall–Kier alpha value is -1.86. The number of rotatable bonds is 8. The van der Waals surface area contributed by atoms with Gasteiger partial charge in [0.2, 0.25) is 5.76 Å². The molecule has 0 radical (unpaired) electrons. The van der Waals surface area contributed by atoms with E-state index in [9.17, 15) is 9.59 Å². The lowest BCUT2D eigenvalue weighted by molar-refractivity contribution is 0.0202. The van der Waals surface area contributed by atoms with Crippen LogP contribution in [0.1, 0.15) is 40.4 Å². The molecule has 0 saturated carbocycles. The highest BCUT2D eigenvalue weighted by Crippen LogP contribution is 2.14. The summed E-state index contributed by atoms with van der Waals surface area (Å²) in [5.41, 5.74) is 0. The molecule has 1 amide bonds. The molecule has 22 heavy (non-hydrogen) atoms. The number of amides is 1. The number of carboxylic acids is 1. The predicted octanol–water partition coefficient (Wildman–Crippen LogP) is 1.54. The standard InChI is InChI=1S/C15H21NO6/c17-14(12-2-3-13(22-12)15(18)19)16-6-1-7-21-10-11-4-8-20-9-5-11/h2-3,11H,1,4-10H2,(H,16,17)(H,18,19). The van der Waals surface area contributed by atoms with Crippen molar-refractivity contribution in [2.75, 3.05) is 33.0 Å². The number of furan rings is 1. The van der Waals surface area contributed by atoms with Crippen molar-refractivity contribution >= 4 is 11.9 Å². The van der Waals surface area contributed by atoms with E-state index in [2.05, 4.69) is 5.32 Å². The summed E-state index contributed by atoms with van der Waals surface area (Å²) in [5.74, 6) is -1.29. The van der Waals surface area contributed by atoms with E-state index in [1.165, 1.54) is 12.1 Å². The van der Waals surface area contributed by atoms with Gasteiger partial charge in [-0.25, -0.2) is 4.79 Å². The Morgan fingerprint density at radius 2 is 2.00 bits per heavy atom. The molecule has 7 heteroatoms. The molecule has 1 aliphatic heterocycles. The normalized spacial score (nSPS) is 15.6. The van der Waals surface area contributed by atoms with Crippen molar-refractivity contribution in [3.63, 3.8) is 0 Å². The lowest BCUT2D eigenvalue weighted by Gasteiger charge is -2.21. The van der Waals surface area contributed by atoms with E-state index >= 15 is 0 Å². The van der Waals surface area contributed by atoms with E-state index in [1.807, 2.05) is 0 Å². The van der Waals surface area contributed by atoms with Crippen molar-refractivity contribution in [3.8, 4) is 0 Å². The number of aromatic carboxylic acids is 1. The number of nitrogens with one attached hydrogen (secondary N) is 1. The molecule has 0 spiro atoms. The summed E-state index contributed by atoms with van der Waals surface area (Å²) in [6, 6.07) is 2.61. The fraction of sp³-hybridized carbons (Fsp3) is 0.600. The molecule has 122 valence electrons. The van der Waals surface area contributed by atoms with Gasteiger partial charge in [-0.2, -0.15) is 0 Å². The van der Waals surface area contributed by atoms with Gasteiger partial charge in [0.25, 0.3) is 5.91 Å². The molecular formula is C15H21NO6. The van der Waals surface area contributed by atoms with Crippen LogP contribution in [-0.4, -0.2) is 50.0 Å². The largest absolute Gasteiger partial charge is 0.475 e. The monoisotopic (exact) mass is 311 g/mol. The highest BCUT2D eigenvalue weighted by atomic mass is 16.5. The topological polar surface area (TPSA) is 98.0 Å². The van der Waals surface area contributed by atoms with Crippen LogP contribution in [0.15, 0.2) is 16.5 Å². The first-order chi connectivity index (χ1) is 10.7. The third kappa shape index (κ3) is 5.16. The average molecular weight is 311 g/mol. The van der Waals surface area contributed by atoms with Gasteiger partial charge in [-0.05, 0) is 37.3 Å². The van der Waals surface area contributed by atoms with Gasteiger partial charge in [-0.15, -0.1) is 0 Å². The number of ether oxygens (including phenoxy) is 2. The zero-order valence-electron chi connectivity index (χ0n) is 12.4. The molecule has 1 saturated heterocycles. The van der Waals surface area contributed by atoms with Crippen LogP contribution in [-0.2, 0) is 9.47 Å². The van der Waals surface area contributed by atoms with Gasteiger partial charge in [-0.1, -0.05) is 0 Å². The summed E-state index contributed by atoms with van der Waals surface area (Å²) in [6.07, 6.45) is 2.78. The number of carbonyl (C=O) groups is 2. The molecule has 0 bridgehead atoms. The minimum absolute atomic E-state index is 0.000485. The minimum atomic E-state index is -1.19. The smallest absolute Gasteiger partial charge is 0.371 e. The van der Waals surface area contributed by atoms with E-state index < -0.39 is 11.9 Å². The van der Waals surface area contributed by atoms with Crippen LogP contribution in [0.2, 0.25) is 0 Å². The molecule has 1 aromatic heterocycles. The number of hydrogen-bond donors (Lipinski definition) is 2. The summed E-state index contributed by atoms with van der Waals surface area (Å²) in [6.45, 7) is 3.39. The van der Waals surface area contributed by atoms with E-state index in [0.29, 0.717) is 25.5 Å². The van der Waals surface area contributed by atoms with Gasteiger partial charge in [0.15, 0.2) is 5.76 Å². The first-order valence-electron chi connectivity index (χ1n) is 7.43. The molecule has 0 aromatic carbocycles. The van der Waals surface area contributed by atoms with Crippen LogP contribution in [0.4, 0.5) is 0 Å². The summed E-state index contributed by atoms with van der Waals surface area (Å²) >= 11 is 0. The van der Waals surface area contributed by atoms with Crippen molar-refractivity contribution in [2.45, 2.75) is 19.3 Å². The van der Waals surface area contributed by atoms with Gasteiger partial charge in [0.05, 0.1) is 0 Å². The Labute approximate surface area is 128 Å². The molecule has 2 N–H and O–H groups in total. The first kappa shape index (κ1) is 16.5. The van der Waals surface area contributed by atoms with Crippen LogP contribution < -0.4 is 5.32 Å². The lowest BCUT2D eigenvalue weighted by atomic mass is 10.0. The van der Waals surface area contributed by atoms with Gasteiger partial charge in [0.1, 0.15) is 0 Å². The highest BCUT2D eigenvalue weighted by Gasteiger charge is 2.15. The van der Waals surface area contributed by atoms with Crippen molar-refractivity contribution in [2.24, 2.45) is 5.92 Å². The highest BCUT2D eigenvalue weighted by molar-refractivity contribution is 5.93.